The average Bonchev–Trinajstić information content (AvgIpc) is 3.15. The van der Waals surface area contributed by atoms with Crippen molar-refractivity contribution >= 4 is 17.5 Å². The molecule has 3 rings (SSSR count). The molecule has 7 nitrogen and oxygen atoms in total. The first kappa shape index (κ1) is 16.9. The lowest BCUT2D eigenvalue weighted by Gasteiger charge is -2.21. The number of aromatic nitrogens is 2. The van der Waals surface area contributed by atoms with Crippen LogP contribution in [0.1, 0.15) is 29.7 Å². The van der Waals surface area contributed by atoms with E-state index in [1.807, 2.05) is 18.2 Å². The minimum atomic E-state index is -0.616. The summed E-state index contributed by atoms with van der Waals surface area (Å²) >= 11 is 6.06. The monoisotopic (exact) mass is 351 g/mol. The number of benzene rings is 1. The third-order valence-electron chi connectivity index (χ3n) is 3.87. The van der Waals surface area contributed by atoms with Gasteiger partial charge >= 0.3 is 0 Å². The van der Waals surface area contributed by atoms with Gasteiger partial charge in [0.05, 0.1) is 12.7 Å². The standard InChI is InChI=1S/C16H18ClN3O4/c1-10-18-16(24-19-10)14-6-12(21)7-20(14)15(22)9-23-8-11-4-2-3-5-13(11)17/h2-5,12,14,21H,6-9H2,1H3/t12-,14+/m0/s1. The maximum absolute atomic E-state index is 12.4. The molecule has 0 bridgehead atoms. The smallest absolute Gasteiger partial charge is 0.249 e. The first-order chi connectivity index (χ1) is 11.5. The van der Waals surface area contributed by atoms with Crippen LogP contribution in [-0.4, -0.2) is 45.3 Å². The quantitative estimate of drug-likeness (QED) is 0.884. The van der Waals surface area contributed by atoms with Crippen LogP contribution in [0.25, 0.3) is 0 Å². The van der Waals surface area contributed by atoms with Gasteiger partial charge < -0.3 is 19.3 Å². The van der Waals surface area contributed by atoms with Gasteiger partial charge in [-0.05, 0) is 18.6 Å². The van der Waals surface area contributed by atoms with E-state index >= 15 is 0 Å². The van der Waals surface area contributed by atoms with Gasteiger partial charge in [-0.2, -0.15) is 4.98 Å². The van der Waals surface area contributed by atoms with Crippen LogP contribution in [0.2, 0.25) is 5.02 Å². The summed E-state index contributed by atoms with van der Waals surface area (Å²) in [5, 5.41) is 14.2. The summed E-state index contributed by atoms with van der Waals surface area (Å²) in [6.45, 7) is 2.06. The zero-order chi connectivity index (χ0) is 17.1. The Morgan fingerprint density at radius 3 is 3.00 bits per heavy atom. The lowest BCUT2D eigenvalue weighted by Crippen LogP contribution is -2.34. The molecule has 2 heterocycles. The third-order valence-corrected chi connectivity index (χ3v) is 4.24. The second-order valence-electron chi connectivity index (χ2n) is 5.72. The molecule has 2 atom stereocenters. The second-order valence-corrected chi connectivity index (χ2v) is 6.12. The summed E-state index contributed by atoms with van der Waals surface area (Å²) in [6.07, 6.45) is -0.243. The lowest BCUT2D eigenvalue weighted by atomic mass is 10.2. The van der Waals surface area contributed by atoms with E-state index in [1.54, 1.807) is 13.0 Å². The van der Waals surface area contributed by atoms with Crippen LogP contribution >= 0.6 is 11.6 Å². The molecule has 1 amide bonds. The van der Waals surface area contributed by atoms with E-state index in [0.717, 1.165) is 5.56 Å². The van der Waals surface area contributed by atoms with Crippen LogP contribution in [-0.2, 0) is 16.1 Å². The first-order valence-corrected chi connectivity index (χ1v) is 8.01. The average molecular weight is 352 g/mol. The summed E-state index contributed by atoms with van der Waals surface area (Å²) < 4.78 is 10.6. The van der Waals surface area contributed by atoms with Crippen LogP contribution in [0.3, 0.4) is 0 Å². The Morgan fingerprint density at radius 2 is 2.29 bits per heavy atom. The number of aliphatic hydroxyl groups excluding tert-OH is 1. The van der Waals surface area contributed by atoms with E-state index in [2.05, 4.69) is 10.1 Å². The van der Waals surface area contributed by atoms with Crippen molar-refractivity contribution in [1.29, 1.82) is 0 Å². The van der Waals surface area contributed by atoms with E-state index in [1.165, 1.54) is 4.90 Å². The van der Waals surface area contributed by atoms with E-state index in [-0.39, 0.29) is 25.7 Å². The molecule has 0 spiro atoms. The molecule has 128 valence electrons. The van der Waals surface area contributed by atoms with Gasteiger partial charge in [0.2, 0.25) is 11.8 Å². The number of likely N-dealkylation sites (tertiary alicyclic amines) is 1. The molecular weight excluding hydrogens is 334 g/mol. The van der Waals surface area contributed by atoms with Crippen molar-refractivity contribution in [2.45, 2.75) is 32.1 Å². The predicted octanol–water partition coefficient (Wildman–Crippen LogP) is 1.88. The summed E-state index contributed by atoms with van der Waals surface area (Å²) in [7, 11) is 0. The van der Waals surface area contributed by atoms with Crippen LogP contribution in [0.15, 0.2) is 28.8 Å². The minimum absolute atomic E-state index is 0.110. The molecule has 0 aliphatic carbocycles. The Labute approximate surface area is 144 Å². The van der Waals surface area contributed by atoms with E-state index in [9.17, 15) is 9.90 Å². The number of halogens is 1. The Kier molecular flexibility index (Phi) is 5.13. The van der Waals surface area contributed by atoms with E-state index < -0.39 is 12.1 Å². The van der Waals surface area contributed by atoms with E-state index in [0.29, 0.717) is 23.2 Å². The normalized spacial score (nSPS) is 20.5. The largest absolute Gasteiger partial charge is 0.391 e. The van der Waals surface area contributed by atoms with Crippen molar-refractivity contribution in [2.24, 2.45) is 0 Å². The van der Waals surface area contributed by atoms with Crippen molar-refractivity contribution in [3.05, 3.63) is 46.6 Å². The fourth-order valence-corrected chi connectivity index (χ4v) is 2.91. The van der Waals surface area contributed by atoms with Crippen molar-refractivity contribution in [3.8, 4) is 0 Å². The van der Waals surface area contributed by atoms with Gasteiger partial charge in [-0.15, -0.1) is 0 Å². The molecule has 1 saturated heterocycles. The number of nitrogens with zero attached hydrogens (tertiary/aromatic N) is 3. The van der Waals surface area contributed by atoms with Gasteiger partial charge in [0.25, 0.3) is 0 Å². The molecule has 2 aromatic rings. The molecule has 0 unspecified atom stereocenters. The maximum atomic E-state index is 12.4. The maximum Gasteiger partial charge on any atom is 0.249 e. The van der Waals surface area contributed by atoms with Crippen LogP contribution < -0.4 is 0 Å². The molecule has 1 aliphatic rings. The number of ether oxygens (including phenoxy) is 1. The number of carbonyl (C=O) groups excluding carboxylic acids is 1. The zero-order valence-corrected chi connectivity index (χ0v) is 13.9. The lowest BCUT2D eigenvalue weighted by molar-refractivity contribution is -0.138. The van der Waals surface area contributed by atoms with Gasteiger partial charge in [-0.25, -0.2) is 0 Å². The predicted molar refractivity (Wildman–Crippen MR) is 85.2 cm³/mol. The van der Waals surface area contributed by atoms with Crippen molar-refractivity contribution < 1.29 is 19.2 Å². The Morgan fingerprint density at radius 1 is 1.50 bits per heavy atom. The highest BCUT2D eigenvalue weighted by atomic mass is 35.5. The summed E-state index contributed by atoms with van der Waals surface area (Å²) in [5.74, 6) is 0.594. The molecule has 1 aromatic carbocycles. The molecular formula is C16H18ClN3O4. The number of amides is 1. The van der Waals surface area contributed by atoms with Crippen LogP contribution in [0.5, 0.6) is 0 Å². The first-order valence-electron chi connectivity index (χ1n) is 7.63. The SMILES string of the molecule is Cc1noc([C@H]2C[C@H](O)CN2C(=O)COCc2ccccc2Cl)n1. The summed E-state index contributed by atoms with van der Waals surface area (Å²) in [6, 6.07) is 6.89. The van der Waals surface area contributed by atoms with Crippen LogP contribution in [0, 0.1) is 6.92 Å². The molecule has 1 aromatic heterocycles. The molecule has 24 heavy (non-hydrogen) atoms. The number of carbonyl (C=O) groups is 1. The summed E-state index contributed by atoms with van der Waals surface area (Å²) in [5.41, 5.74) is 0.817. The molecule has 1 N–H and O–H groups in total. The number of rotatable bonds is 5. The van der Waals surface area contributed by atoms with Gasteiger partial charge in [0.15, 0.2) is 5.82 Å². The zero-order valence-electron chi connectivity index (χ0n) is 13.2. The number of hydrogen-bond acceptors (Lipinski definition) is 6. The molecule has 0 radical (unpaired) electrons. The molecule has 1 fully saturated rings. The van der Waals surface area contributed by atoms with Gasteiger partial charge in [0, 0.05) is 18.0 Å². The summed E-state index contributed by atoms with van der Waals surface area (Å²) in [4.78, 5) is 18.1. The Balaban J connectivity index is 1.60. The number of hydrogen-bond donors (Lipinski definition) is 1. The number of β-amino-alcohol motifs (C(OH)–C–C–N with tert-alkyl or cyclic N) is 1. The molecule has 1 aliphatic heterocycles. The fraction of sp³-hybridized carbons (Fsp3) is 0.438. The Hall–Kier alpha value is -1.96. The molecule has 0 saturated carbocycles. The van der Waals surface area contributed by atoms with Crippen molar-refractivity contribution in [3.63, 3.8) is 0 Å². The van der Waals surface area contributed by atoms with Crippen molar-refractivity contribution in [1.82, 2.24) is 15.0 Å². The molecule has 8 heteroatoms. The van der Waals surface area contributed by atoms with Crippen LogP contribution in [0.4, 0.5) is 0 Å². The van der Waals surface area contributed by atoms with Gasteiger partial charge in [0.1, 0.15) is 12.6 Å². The topological polar surface area (TPSA) is 88.7 Å². The van der Waals surface area contributed by atoms with Gasteiger partial charge in [-0.1, -0.05) is 35.0 Å². The fourth-order valence-electron chi connectivity index (χ4n) is 2.72. The van der Waals surface area contributed by atoms with E-state index in [4.69, 9.17) is 20.9 Å². The number of aryl methyl sites for hydroxylation is 1. The highest BCUT2D eigenvalue weighted by molar-refractivity contribution is 6.31. The number of aliphatic hydroxyl groups is 1. The van der Waals surface area contributed by atoms with Gasteiger partial charge in [-0.3, -0.25) is 4.79 Å². The Bertz CT molecular complexity index is 721. The van der Waals surface area contributed by atoms with Crippen molar-refractivity contribution in [2.75, 3.05) is 13.2 Å². The minimum Gasteiger partial charge on any atom is -0.391 e. The highest BCUT2D eigenvalue weighted by Gasteiger charge is 2.38. The second kappa shape index (κ2) is 7.29. The highest BCUT2D eigenvalue weighted by Crippen LogP contribution is 2.31. The third kappa shape index (κ3) is 3.75.